The Morgan fingerprint density at radius 2 is 2.07 bits per heavy atom. The van der Waals surface area contributed by atoms with Gasteiger partial charge in [-0.3, -0.25) is 4.79 Å². The summed E-state index contributed by atoms with van der Waals surface area (Å²) in [6, 6.07) is 0. The lowest BCUT2D eigenvalue weighted by Crippen LogP contribution is -2.41. The Labute approximate surface area is 89.8 Å². The second-order valence-corrected chi connectivity index (χ2v) is 3.76. The van der Waals surface area contributed by atoms with Gasteiger partial charge < -0.3 is 16.1 Å². The van der Waals surface area contributed by atoms with Crippen molar-refractivity contribution in [2.45, 2.75) is 20.3 Å². The van der Waals surface area contributed by atoms with Gasteiger partial charge >= 0.3 is 0 Å². The van der Waals surface area contributed by atoms with E-state index in [0.717, 1.165) is 0 Å². The van der Waals surface area contributed by atoms with Crippen LogP contribution in [0, 0.1) is 5.92 Å². The number of hydrogen-bond donors (Lipinski definition) is 4. The molecule has 14 heavy (non-hydrogen) atoms. The van der Waals surface area contributed by atoms with Gasteiger partial charge in [-0.25, -0.2) is 5.84 Å². The van der Waals surface area contributed by atoms with Crippen molar-refractivity contribution in [1.82, 2.24) is 16.1 Å². The van der Waals surface area contributed by atoms with Crippen molar-refractivity contribution < 1.29 is 4.79 Å². The molecule has 0 atom stereocenters. The summed E-state index contributed by atoms with van der Waals surface area (Å²) in [5.41, 5.74) is 2.28. The zero-order chi connectivity index (χ0) is 11.0. The van der Waals surface area contributed by atoms with Gasteiger partial charge in [-0.1, -0.05) is 13.8 Å². The molecule has 0 saturated heterocycles. The molecule has 0 radical (unpaired) electrons. The molecule has 0 unspecified atom stereocenters. The van der Waals surface area contributed by atoms with E-state index in [9.17, 15) is 4.79 Å². The topological polar surface area (TPSA) is 79.2 Å². The van der Waals surface area contributed by atoms with E-state index in [2.05, 4.69) is 16.1 Å². The minimum Gasteiger partial charge on any atom is -0.361 e. The molecule has 0 spiro atoms. The molecule has 82 valence electrons. The quantitative estimate of drug-likeness (QED) is 0.284. The lowest BCUT2D eigenvalue weighted by atomic mass is 10.2. The molecule has 5 nitrogen and oxygen atoms in total. The SMILES string of the molecule is CC(C)CNC(=O)CCNC(=S)NN. The summed E-state index contributed by atoms with van der Waals surface area (Å²) in [7, 11) is 0. The van der Waals surface area contributed by atoms with Crippen LogP contribution >= 0.6 is 12.2 Å². The third-order valence-corrected chi connectivity index (χ3v) is 1.74. The van der Waals surface area contributed by atoms with Crippen molar-refractivity contribution in [3.05, 3.63) is 0 Å². The van der Waals surface area contributed by atoms with Gasteiger partial charge in [-0.05, 0) is 18.1 Å². The van der Waals surface area contributed by atoms with E-state index in [-0.39, 0.29) is 5.91 Å². The Morgan fingerprint density at radius 3 is 2.57 bits per heavy atom. The van der Waals surface area contributed by atoms with Gasteiger partial charge in [0.25, 0.3) is 0 Å². The molecule has 0 aromatic rings. The Kier molecular flexibility index (Phi) is 7.04. The van der Waals surface area contributed by atoms with E-state index in [4.69, 9.17) is 18.1 Å². The predicted molar refractivity (Wildman–Crippen MR) is 60.4 cm³/mol. The maximum atomic E-state index is 11.2. The number of rotatable bonds is 5. The summed E-state index contributed by atoms with van der Waals surface area (Å²) in [6.45, 7) is 5.30. The summed E-state index contributed by atoms with van der Waals surface area (Å²) in [5, 5.41) is 5.93. The van der Waals surface area contributed by atoms with Crippen molar-refractivity contribution in [2.75, 3.05) is 13.1 Å². The summed E-state index contributed by atoms with van der Waals surface area (Å²) in [6.07, 6.45) is 0.397. The number of amides is 1. The van der Waals surface area contributed by atoms with Crippen LogP contribution in [0.2, 0.25) is 0 Å². The Morgan fingerprint density at radius 1 is 1.43 bits per heavy atom. The van der Waals surface area contributed by atoms with E-state index in [1.807, 2.05) is 13.8 Å². The van der Waals surface area contributed by atoms with Gasteiger partial charge in [0.2, 0.25) is 5.91 Å². The van der Waals surface area contributed by atoms with E-state index in [1.165, 1.54) is 0 Å². The Hall–Kier alpha value is -0.880. The minimum atomic E-state index is 0.0195. The highest BCUT2D eigenvalue weighted by atomic mass is 32.1. The largest absolute Gasteiger partial charge is 0.361 e. The Bertz CT molecular complexity index is 196. The molecular weight excluding hydrogens is 200 g/mol. The molecule has 0 heterocycles. The third-order valence-electron chi connectivity index (χ3n) is 1.48. The molecule has 0 aliphatic heterocycles. The summed E-state index contributed by atoms with van der Waals surface area (Å²) in [5.74, 6) is 5.52. The first kappa shape index (κ1) is 13.1. The molecule has 0 fully saturated rings. The van der Waals surface area contributed by atoms with Crippen LogP contribution in [-0.4, -0.2) is 24.1 Å². The molecule has 0 bridgehead atoms. The van der Waals surface area contributed by atoms with E-state index >= 15 is 0 Å². The highest BCUT2D eigenvalue weighted by Gasteiger charge is 2.01. The summed E-state index contributed by atoms with van der Waals surface area (Å²) < 4.78 is 0. The molecular formula is C8H18N4OS. The van der Waals surface area contributed by atoms with Gasteiger partial charge in [0.1, 0.15) is 0 Å². The highest BCUT2D eigenvalue weighted by Crippen LogP contribution is 1.87. The Balaban J connectivity index is 3.40. The number of hydrogen-bond acceptors (Lipinski definition) is 3. The van der Waals surface area contributed by atoms with Gasteiger partial charge in [0.05, 0.1) is 0 Å². The van der Waals surface area contributed by atoms with E-state index in [0.29, 0.717) is 30.5 Å². The maximum absolute atomic E-state index is 11.2. The molecule has 6 heteroatoms. The second kappa shape index (κ2) is 7.52. The number of thiocarbonyl (C=S) groups is 1. The lowest BCUT2D eigenvalue weighted by molar-refractivity contribution is -0.121. The zero-order valence-electron chi connectivity index (χ0n) is 8.59. The number of nitrogens with two attached hydrogens (primary N) is 1. The van der Waals surface area contributed by atoms with Crippen molar-refractivity contribution >= 4 is 23.2 Å². The molecule has 0 rings (SSSR count). The highest BCUT2D eigenvalue weighted by molar-refractivity contribution is 7.80. The van der Waals surface area contributed by atoms with Crippen LogP contribution in [0.15, 0.2) is 0 Å². The van der Waals surface area contributed by atoms with Crippen molar-refractivity contribution in [2.24, 2.45) is 11.8 Å². The van der Waals surface area contributed by atoms with E-state index in [1.54, 1.807) is 0 Å². The molecule has 0 saturated carbocycles. The standard InChI is InChI=1S/C8H18N4OS/c1-6(2)5-11-7(13)3-4-10-8(14)12-9/h6H,3-5,9H2,1-2H3,(H,11,13)(H2,10,12,14). The van der Waals surface area contributed by atoms with Crippen molar-refractivity contribution in [3.63, 3.8) is 0 Å². The second-order valence-electron chi connectivity index (χ2n) is 3.35. The first-order valence-electron chi connectivity index (χ1n) is 4.57. The van der Waals surface area contributed by atoms with Gasteiger partial charge in [0.15, 0.2) is 5.11 Å². The minimum absolute atomic E-state index is 0.0195. The molecule has 5 N–H and O–H groups in total. The van der Waals surface area contributed by atoms with Gasteiger partial charge in [-0.2, -0.15) is 0 Å². The average molecular weight is 218 g/mol. The molecule has 0 aliphatic rings. The third kappa shape index (κ3) is 7.75. The zero-order valence-corrected chi connectivity index (χ0v) is 9.41. The lowest BCUT2D eigenvalue weighted by Gasteiger charge is -2.08. The molecule has 0 aliphatic carbocycles. The summed E-state index contributed by atoms with van der Waals surface area (Å²) in [4.78, 5) is 11.2. The fourth-order valence-corrected chi connectivity index (χ4v) is 0.849. The average Bonchev–Trinajstić information content (AvgIpc) is 2.14. The van der Waals surface area contributed by atoms with Gasteiger partial charge in [0, 0.05) is 19.5 Å². The van der Waals surface area contributed by atoms with E-state index < -0.39 is 0 Å². The number of hydrazine groups is 1. The normalized spacial score (nSPS) is 9.71. The number of carbonyl (C=O) groups excluding carboxylic acids is 1. The van der Waals surface area contributed by atoms with Crippen LogP contribution in [0.1, 0.15) is 20.3 Å². The monoisotopic (exact) mass is 218 g/mol. The fraction of sp³-hybridized carbons (Fsp3) is 0.750. The van der Waals surface area contributed by atoms with Crippen molar-refractivity contribution in [3.8, 4) is 0 Å². The fourth-order valence-electron chi connectivity index (χ4n) is 0.747. The molecule has 0 aromatic carbocycles. The molecule has 0 aromatic heterocycles. The number of nitrogens with one attached hydrogen (secondary N) is 3. The predicted octanol–water partition coefficient (Wildman–Crippen LogP) is -0.513. The van der Waals surface area contributed by atoms with Crippen molar-refractivity contribution in [1.29, 1.82) is 0 Å². The van der Waals surface area contributed by atoms with Crippen LogP contribution in [0.25, 0.3) is 0 Å². The van der Waals surface area contributed by atoms with Crippen LogP contribution in [0.5, 0.6) is 0 Å². The van der Waals surface area contributed by atoms with Crippen LogP contribution in [0.4, 0.5) is 0 Å². The van der Waals surface area contributed by atoms with Crippen LogP contribution < -0.4 is 21.9 Å². The first-order chi connectivity index (χ1) is 6.56. The maximum Gasteiger partial charge on any atom is 0.221 e. The smallest absolute Gasteiger partial charge is 0.221 e. The first-order valence-corrected chi connectivity index (χ1v) is 4.98. The number of carbonyl (C=O) groups is 1. The summed E-state index contributed by atoms with van der Waals surface area (Å²) >= 11 is 4.73. The van der Waals surface area contributed by atoms with Crippen LogP contribution in [-0.2, 0) is 4.79 Å². The molecule has 1 amide bonds. The van der Waals surface area contributed by atoms with Gasteiger partial charge in [-0.15, -0.1) is 0 Å². The van der Waals surface area contributed by atoms with Crippen LogP contribution in [0.3, 0.4) is 0 Å².